The van der Waals surface area contributed by atoms with Gasteiger partial charge in [-0.2, -0.15) is 11.8 Å². The summed E-state index contributed by atoms with van der Waals surface area (Å²) in [5.74, 6) is 4.62. The number of aryl methyl sites for hydroxylation is 1. The SMILES string of the molecule is CCCc1nc2cccnc2n1CC1CCCSC1. The van der Waals surface area contributed by atoms with Crippen LogP contribution in [0.15, 0.2) is 18.3 Å². The molecule has 1 aliphatic heterocycles. The summed E-state index contributed by atoms with van der Waals surface area (Å²) in [5.41, 5.74) is 2.12. The van der Waals surface area contributed by atoms with Crippen molar-refractivity contribution in [2.75, 3.05) is 11.5 Å². The second-order valence-corrected chi connectivity index (χ2v) is 6.47. The lowest BCUT2D eigenvalue weighted by atomic mass is 10.1. The van der Waals surface area contributed by atoms with Gasteiger partial charge in [0.25, 0.3) is 0 Å². The standard InChI is InChI=1S/C15H21N3S/c1-2-5-14-17-13-7-3-8-16-15(13)18(14)10-12-6-4-9-19-11-12/h3,7-8,12H,2,4-6,9-11H2,1H3. The Labute approximate surface area is 118 Å². The van der Waals surface area contributed by atoms with Crippen LogP contribution in [0.1, 0.15) is 32.0 Å². The van der Waals surface area contributed by atoms with Gasteiger partial charge < -0.3 is 4.57 Å². The zero-order chi connectivity index (χ0) is 13.1. The number of rotatable bonds is 4. The zero-order valence-corrected chi connectivity index (χ0v) is 12.3. The van der Waals surface area contributed by atoms with Crippen LogP contribution in [-0.4, -0.2) is 26.0 Å². The van der Waals surface area contributed by atoms with Gasteiger partial charge in [-0.15, -0.1) is 0 Å². The van der Waals surface area contributed by atoms with Crippen molar-refractivity contribution >= 4 is 22.9 Å². The van der Waals surface area contributed by atoms with Crippen LogP contribution in [0, 0.1) is 5.92 Å². The first-order valence-electron chi connectivity index (χ1n) is 7.26. The molecule has 1 aliphatic rings. The van der Waals surface area contributed by atoms with Gasteiger partial charge in [0.2, 0.25) is 0 Å². The Hall–Kier alpha value is -1.03. The van der Waals surface area contributed by atoms with Crippen LogP contribution in [0.25, 0.3) is 11.2 Å². The summed E-state index contributed by atoms with van der Waals surface area (Å²) in [6.45, 7) is 3.31. The predicted molar refractivity (Wildman–Crippen MR) is 81.6 cm³/mol. The molecule has 1 unspecified atom stereocenters. The summed E-state index contributed by atoms with van der Waals surface area (Å²) in [6.07, 6.45) is 6.79. The van der Waals surface area contributed by atoms with E-state index in [4.69, 9.17) is 4.98 Å². The fraction of sp³-hybridized carbons (Fsp3) is 0.600. The van der Waals surface area contributed by atoms with Crippen molar-refractivity contribution in [2.24, 2.45) is 5.92 Å². The highest BCUT2D eigenvalue weighted by molar-refractivity contribution is 7.99. The molecule has 0 amide bonds. The maximum Gasteiger partial charge on any atom is 0.159 e. The summed E-state index contributed by atoms with van der Waals surface area (Å²) in [4.78, 5) is 9.30. The molecule has 0 radical (unpaired) electrons. The summed E-state index contributed by atoms with van der Waals surface area (Å²) in [7, 11) is 0. The molecule has 19 heavy (non-hydrogen) atoms. The van der Waals surface area contributed by atoms with Gasteiger partial charge in [0, 0.05) is 19.2 Å². The fourth-order valence-corrected chi connectivity index (χ4v) is 3.96. The minimum absolute atomic E-state index is 0.786. The van der Waals surface area contributed by atoms with Gasteiger partial charge in [-0.05, 0) is 48.8 Å². The second-order valence-electron chi connectivity index (χ2n) is 5.32. The van der Waals surface area contributed by atoms with Gasteiger partial charge in [-0.25, -0.2) is 9.97 Å². The molecule has 0 aliphatic carbocycles. The minimum atomic E-state index is 0.786. The van der Waals surface area contributed by atoms with Gasteiger partial charge in [-0.3, -0.25) is 0 Å². The summed E-state index contributed by atoms with van der Waals surface area (Å²) >= 11 is 2.10. The van der Waals surface area contributed by atoms with E-state index in [1.807, 2.05) is 12.3 Å². The molecule has 2 aromatic rings. The largest absolute Gasteiger partial charge is 0.312 e. The van der Waals surface area contributed by atoms with Crippen LogP contribution in [0.3, 0.4) is 0 Å². The molecule has 1 saturated heterocycles. The predicted octanol–water partition coefficient (Wildman–Crippen LogP) is 3.53. The van der Waals surface area contributed by atoms with Crippen LogP contribution < -0.4 is 0 Å². The summed E-state index contributed by atoms with van der Waals surface area (Å²) < 4.78 is 2.37. The molecule has 2 aromatic heterocycles. The molecule has 102 valence electrons. The van der Waals surface area contributed by atoms with E-state index >= 15 is 0 Å². The molecule has 0 saturated carbocycles. The Morgan fingerprint density at radius 1 is 1.47 bits per heavy atom. The number of pyridine rings is 1. The van der Waals surface area contributed by atoms with E-state index in [0.29, 0.717) is 0 Å². The quantitative estimate of drug-likeness (QED) is 0.855. The van der Waals surface area contributed by atoms with Gasteiger partial charge in [0.1, 0.15) is 11.3 Å². The Kier molecular flexibility index (Phi) is 4.06. The lowest BCUT2D eigenvalue weighted by molar-refractivity contribution is 0.441. The van der Waals surface area contributed by atoms with Crippen molar-refractivity contribution in [1.82, 2.24) is 14.5 Å². The number of imidazole rings is 1. The van der Waals surface area contributed by atoms with Gasteiger partial charge >= 0.3 is 0 Å². The molecule has 0 N–H and O–H groups in total. The average molecular weight is 275 g/mol. The van der Waals surface area contributed by atoms with Crippen molar-refractivity contribution in [2.45, 2.75) is 39.2 Å². The van der Waals surface area contributed by atoms with Crippen molar-refractivity contribution in [3.8, 4) is 0 Å². The van der Waals surface area contributed by atoms with Crippen LogP contribution in [0.4, 0.5) is 0 Å². The maximum atomic E-state index is 4.76. The van der Waals surface area contributed by atoms with E-state index in [2.05, 4.69) is 34.3 Å². The Morgan fingerprint density at radius 2 is 2.42 bits per heavy atom. The van der Waals surface area contributed by atoms with E-state index in [1.165, 1.54) is 30.2 Å². The monoisotopic (exact) mass is 275 g/mol. The molecule has 0 bridgehead atoms. The number of nitrogens with zero attached hydrogens (tertiary/aromatic N) is 3. The Balaban J connectivity index is 1.92. The molecule has 1 fully saturated rings. The molecular weight excluding hydrogens is 254 g/mol. The van der Waals surface area contributed by atoms with E-state index in [-0.39, 0.29) is 0 Å². The van der Waals surface area contributed by atoms with Crippen molar-refractivity contribution in [3.05, 3.63) is 24.2 Å². The average Bonchev–Trinajstić information content (AvgIpc) is 2.79. The van der Waals surface area contributed by atoms with Crippen molar-refractivity contribution in [1.29, 1.82) is 0 Å². The molecule has 0 aromatic carbocycles. The zero-order valence-electron chi connectivity index (χ0n) is 11.5. The molecule has 3 nitrogen and oxygen atoms in total. The van der Waals surface area contributed by atoms with Crippen LogP contribution in [-0.2, 0) is 13.0 Å². The highest BCUT2D eigenvalue weighted by Crippen LogP contribution is 2.26. The van der Waals surface area contributed by atoms with Crippen molar-refractivity contribution in [3.63, 3.8) is 0 Å². The Bertz CT molecular complexity index is 543. The molecule has 0 spiro atoms. The molecule has 1 atom stereocenters. The van der Waals surface area contributed by atoms with Gasteiger partial charge in [0.05, 0.1) is 0 Å². The van der Waals surface area contributed by atoms with E-state index in [1.54, 1.807) is 0 Å². The highest BCUT2D eigenvalue weighted by atomic mass is 32.2. The van der Waals surface area contributed by atoms with Crippen molar-refractivity contribution < 1.29 is 0 Å². The third kappa shape index (κ3) is 2.78. The van der Waals surface area contributed by atoms with E-state index in [9.17, 15) is 0 Å². The molecule has 3 rings (SSSR count). The Morgan fingerprint density at radius 3 is 3.21 bits per heavy atom. The third-order valence-electron chi connectivity index (χ3n) is 3.75. The summed E-state index contributed by atoms with van der Waals surface area (Å²) in [5, 5.41) is 0. The first-order valence-corrected chi connectivity index (χ1v) is 8.42. The third-order valence-corrected chi connectivity index (χ3v) is 5.04. The molecular formula is C15H21N3S. The topological polar surface area (TPSA) is 30.7 Å². The normalized spacial score (nSPS) is 19.9. The smallest absolute Gasteiger partial charge is 0.159 e. The number of fused-ring (bicyclic) bond motifs is 1. The lowest BCUT2D eigenvalue weighted by Gasteiger charge is -2.22. The van der Waals surface area contributed by atoms with Crippen LogP contribution in [0.2, 0.25) is 0 Å². The number of hydrogen-bond acceptors (Lipinski definition) is 3. The first-order chi connectivity index (χ1) is 9.38. The number of thioether (sulfide) groups is 1. The number of aromatic nitrogens is 3. The maximum absolute atomic E-state index is 4.76. The second kappa shape index (κ2) is 5.95. The first kappa shape index (κ1) is 13.0. The lowest BCUT2D eigenvalue weighted by Crippen LogP contribution is -2.19. The molecule has 4 heteroatoms. The summed E-state index contributed by atoms with van der Waals surface area (Å²) in [6, 6.07) is 4.06. The van der Waals surface area contributed by atoms with E-state index in [0.717, 1.165) is 36.5 Å². The molecule has 3 heterocycles. The van der Waals surface area contributed by atoms with E-state index < -0.39 is 0 Å². The highest BCUT2D eigenvalue weighted by Gasteiger charge is 2.18. The van der Waals surface area contributed by atoms with Gasteiger partial charge in [0.15, 0.2) is 5.65 Å². The van der Waals surface area contributed by atoms with Crippen LogP contribution in [0.5, 0.6) is 0 Å². The fourth-order valence-electron chi connectivity index (χ4n) is 2.82. The van der Waals surface area contributed by atoms with Crippen LogP contribution >= 0.6 is 11.8 Å². The van der Waals surface area contributed by atoms with Gasteiger partial charge in [-0.1, -0.05) is 6.92 Å². The minimum Gasteiger partial charge on any atom is -0.312 e. The number of hydrogen-bond donors (Lipinski definition) is 0.